The highest BCUT2D eigenvalue weighted by Crippen LogP contribution is 2.22. The zero-order chi connectivity index (χ0) is 15.6. The lowest BCUT2D eigenvalue weighted by molar-refractivity contribution is -0.384. The van der Waals surface area contributed by atoms with Crippen molar-refractivity contribution in [3.63, 3.8) is 0 Å². The number of rotatable bonds is 3. The van der Waals surface area contributed by atoms with Crippen molar-refractivity contribution in [1.29, 1.82) is 0 Å². The summed E-state index contributed by atoms with van der Waals surface area (Å²) in [6, 6.07) is 7.89. The molecular weight excluding hydrogens is 270 g/mol. The number of non-ortho nitro benzene ring substituents is 1. The normalized spacial score (nSPS) is 10.2. The third kappa shape index (κ3) is 3.42. The second-order valence-electron chi connectivity index (χ2n) is 4.88. The first-order valence-electron chi connectivity index (χ1n) is 6.38. The van der Waals surface area contributed by atoms with E-state index in [-0.39, 0.29) is 11.6 Å². The van der Waals surface area contributed by atoms with Gasteiger partial charge >= 0.3 is 0 Å². The van der Waals surface area contributed by atoms with Gasteiger partial charge in [-0.05, 0) is 44.0 Å². The number of aromatic nitrogens is 1. The molecule has 1 N–H and O–H groups in total. The molecule has 0 atom stereocenters. The first-order chi connectivity index (χ1) is 9.86. The molecule has 0 radical (unpaired) electrons. The topological polar surface area (TPSA) is 85.1 Å². The largest absolute Gasteiger partial charge is 0.320 e. The van der Waals surface area contributed by atoms with Gasteiger partial charge in [0.25, 0.3) is 11.6 Å². The van der Waals surface area contributed by atoms with Crippen molar-refractivity contribution in [2.45, 2.75) is 20.8 Å². The third-order valence-corrected chi connectivity index (χ3v) is 3.01. The minimum absolute atomic E-state index is 0.0655. The molecule has 0 fully saturated rings. The van der Waals surface area contributed by atoms with E-state index in [9.17, 15) is 14.9 Å². The highest BCUT2D eigenvalue weighted by molar-refractivity contribution is 6.03. The average Bonchev–Trinajstić information content (AvgIpc) is 2.39. The number of anilines is 1. The molecule has 2 rings (SSSR count). The molecule has 0 saturated carbocycles. The SMILES string of the molecule is Cc1cc(C)nc(C(=O)Nc2cc([N+](=O)[O-])ccc2C)c1. The number of pyridine rings is 1. The molecule has 1 heterocycles. The molecule has 1 amide bonds. The van der Waals surface area contributed by atoms with Crippen LogP contribution in [-0.4, -0.2) is 15.8 Å². The second-order valence-corrected chi connectivity index (χ2v) is 4.88. The number of carbonyl (C=O) groups excluding carboxylic acids is 1. The molecule has 0 aliphatic carbocycles. The van der Waals surface area contributed by atoms with Gasteiger partial charge in [0.05, 0.1) is 10.6 Å². The summed E-state index contributed by atoms with van der Waals surface area (Å²) in [6.07, 6.45) is 0. The maximum Gasteiger partial charge on any atom is 0.274 e. The van der Waals surface area contributed by atoms with Crippen molar-refractivity contribution in [2.24, 2.45) is 0 Å². The Morgan fingerprint density at radius 1 is 1.19 bits per heavy atom. The number of benzene rings is 1. The van der Waals surface area contributed by atoms with Crippen molar-refractivity contribution in [3.8, 4) is 0 Å². The maximum atomic E-state index is 12.2. The van der Waals surface area contributed by atoms with E-state index in [1.54, 1.807) is 19.1 Å². The Labute approximate surface area is 122 Å². The highest BCUT2D eigenvalue weighted by Gasteiger charge is 2.13. The summed E-state index contributed by atoms with van der Waals surface area (Å²) >= 11 is 0. The number of nitrogens with zero attached hydrogens (tertiary/aromatic N) is 2. The van der Waals surface area contributed by atoms with E-state index in [1.807, 2.05) is 19.9 Å². The van der Waals surface area contributed by atoms with Gasteiger partial charge in [-0.15, -0.1) is 0 Å². The smallest absolute Gasteiger partial charge is 0.274 e. The molecule has 6 heteroatoms. The van der Waals surface area contributed by atoms with Gasteiger partial charge in [0.15, 0.2) is 0 Å². The minimum atomic E-state index is -0.496. The van der Waals surface area contributed by atoms with E-state index in [2.05, 4.69) is 10.3 Å². The summed E-state index contributed by atoms with van der Waals surface area (Å²) in [5, 5.41) is 13.5. The average molecular weight is 285 g/mol. The molecule has 1 aromatic carbocycles. The van der Waals surface area contributed by atoms with Crippen LogP contribution in [-0.2, 0) is 0 Å². The van der Waals surface area contributed by atoms with Gasteiger partial charge in [0, 0.05) is 17.8 Å². The maximum absolute atomic E-state index is 12.2. The van der Waals surface area contributed by atoms with Gasteiger partial charge in [-0.3, -0.25) is 14.9 Å². The summed E-state index contributed by atoms with van der Waals surface area (Å²) in [5.74, 6) is -0.384. The molecule has 0 unspecified atom stereocenters. The summed E-state index contributed by atoms with van der Waals surface area (Å²) in [4.78, 5) is 26.7. The number of carbonyl (C=O) groups is 1. The van der Waals surface area contributed by atoms with Crippen LogP contribution >= 0.6 is 0 Å². The Morgan fingerprint density at radius 2 is 1.90 bits per heavy atom. The fourth-order valence-electron chi connectivity index (χ4n) is 2.00. The van der Waals surface area contributed by atoms with Gasteiger partial charge in [0.2, 0.25) is 0 Å². The van der Waals surface area contributed by atoms with E-state index in [1.165, 1.54) is 12.1 Å². The molecule has 0 saturated heterocycles. The van der Waals surface area contributed by atoms with Crippen molar-refractivity contribution in [1.82, 2.24) is 4.98 Å². The monoisotopic (exact) mass is 285 g/mol. The third-order valence-electron chi connectivity index (χ3n) is 3.01. The fourth-order valence-corrected chi connectivity index (χ4v) is 2.00. The number of nitro benzene ring substituents is 1. The van der Waals surface area contributed by atoms with Gasteiger partial charge < -0.3 is 5.32 Å². The van der Waals surface area contributed by atoms with Crippen molar-refractivity contribution in [2.75, 3.05) is 5.32 Å². The van der Waals surface area contributed by atoms with Crippen molar-refractivity contribution >= 4 is 17.3 Å². The van der Waals surface area contributed by atoms with Gasteiger partial charge in [-0.2, -0.15) is 0 Å². The number of aryl methyl sites for hydroxylation is 3. The van der Waals surface area contributed by atoms with Crippen LogP contribution < -0.4 is 5.32 Å². The molecule has 6 nitrogen and oxygen atoms in total. The van der Waals surface area contributed by atoms with Crippen LogP contribution in [0.25, 0.3) is 0 Å². The zero-order valence-electron chi connectivity index (χ0n) is 12.0. The van der Waals surface area contributed by atoms with E-state index in [0.717, 1.165) is 16.8 Å². The van der Waals surface area contributed by atoms with E-state index >= 15 is 0 Å². The minimum Gasteiger partial charge on any atom is -0.320 e. The van der Waals surface area contributed by atoms with Crippen LogP contribution in [0.1, 0.15) is 27.3 Å². The number of hydrogen-bond donors (Lipinski definition) is 1. The number of nitro groups is 1. The number of amides is 1. The van der Waals surface area contributed by atoms with Crippen LogP contribution in [0.5, 0.6) is 0 Å². The zero-order valence-corrected chi connectivity index (χ0v) is 12.0. The molecule has 21 heavy (non-hydrogen) atoms. The van der Waals surface area contributed by atoms with Gasteiger partial charge in [-0.25, -0.2) is 4.98 Å². The number of nitrogens with one attached hydrogen (secondary N) is 1. The molecular formula is C15H15N3O3. The Kier molecular flexibility index (Phi) is 3.98. The molecule has 0 bridgehead atoms. The summed E-state index contributed by atoms with van der Waals surface area (Å²) in [6.45, 7) is 5.46. The summed E-state index contributed by atoms with van der Waals surface area (Å²) < 4.78 is 0. The van der Waals surface area contributed by atoms with Crippen LogP contribution in [0, 0.1) is 30.9 Å². The second kappa shape index (κ2) is 5.70. The lowest BCUT2D eigenvalue weighted by Gasteiger charge is -2.09. The van der Waals surface area contributed by atoms with E-state index in [4.69, 9.17) is 0 Å². The lowest BCUT2D eigenvalue weighted by atomic mass is 10.1. The Bertz CT molecular complexity index is 706. The first-order valence-corrected chi connectivity index (χ1v) is 6.38. The first kappa shape index (κ1) is 14.6. The molecule has 0 spiro atoms. The molecule has 2 aromatic rings. The summed E-state index contributed by atoms with van der Waals surface area (Å²) in [7, 11) is 0. The Balaban J connectivity index is 2.31. The predicted octanol–water partition coefficient (Wildman–Crippen LogP) is 3.17. The van der Waals surface area contributed by atoms with Crippen LogP contribution in [0.2, 0.25) is 0 Å². The van der Waals surface area contributed by atoms with E-state index in [0.29, 0.717) is 11.4 Å². The highest BCUT2D eigenvalue weighted by atomic mass is 16.6. The van der Waals surface area contributed by atoms with Crippen molar-refractivity contribution < 1.29 is 9.72 Å². The number of hydrogen-bond acceptors (Lipinski definition) is 4. The van der Waals surface area contributed by atoms with Gasteiger partial charge in [0.1, 0.15) is 5.69 Å². The van der Waals surface area contributed by atoms with Crippen LogP contribution in [0.3, 0.4) is 0 Å². The van der Waals surface area contributed by atoms with Gasteiger partial charge in [-0.1, -0.05) is 6.07 Å². The lowest BCUT2D eigenvalue weighted by Crippen LogP contribution is -2.15. The fraction of sp³-hybridized carbons (Fsp3) is 0.200. The van der Waals surface area contributed by atoms with Crippen molar-refractivity contribution in [3.05, 3.63) is 63.0 Å². The molecule has 1 aromatic heterocycles. The molecule has 0 aliphatic heterocycles. The van der Waals surface area contributed by atoms with E-state index < -0.39 is 4.92 Å². The summed E-state index contributed by atoms with van der Waals surface area (Å²) in [5.41, 5.74) is 3.07. The molecule has 108 valence electrons. The Hall–Kier alpha value is -2.76. The predicted molar refractivity (Wildman–Crippen MR) is 79.5 cm³/mol. The standard InChI is InChI=1S/C15H15N3O3/c1-9-6-11(3)16-14(7-9)15(19)17-13-8-12(18(20)21)5-4-10(13)2/h4-8H,1-3H3,(H,17,19). The Morgan fingerprint density at radius 3 is 2.52 bits per heavy atom. The quantitative estimate of drug-likeness (QED) is 0.693. The van der Waals surface area contributed by atoms with Crippen LogP contribution in [0.4, 0.5) is 11.4 Å². The molecule has 0 aliphatic rings. The van der Waals surface area contributed by atoms with Crippen LogP contribution in [0.15, 0.2) is 30.3 Å².